The van der Waals surface area contributed by atoms with Gasteiger partial charge in [-0.05, 0) is 50.2 Å². The molecule has 1 atom stereocenters. The summed E-state index contributed by atoms with van der Waals surface area (Å²) >= 11 is 0. The summed E-state index contributed by atoms with van der Waals surface area (Å²) in [6, 6.07) is 9.13. The van der Waals surface area contributed by atoms with Gasteiger partial charge in [0.25, 0.3) is 0 Å². The van der Waals surface area contributed by atoms with Gasteiger partial charge in [-0.2, -0.15) is 0 Å². The SMILES string of the molecule is CN=C(NCCCCn1ccnc1C)NC(C)c1ccc(CC(C)C)cc1. The first-order valence-electron chi connectivity index (χ1n) is 10.0. The van der Waals surface area contributed by atoms with Gasteiger partial charge in [0.05, 0.1) is 6.04 Å². The Morgan fingerprint density at radius 2 is 1.89 bits per heavy atom. The van der Waals surface area contributed by atoms with E-state index in [0.717, 1.165) is 44.1 Å². The molecule has 5 nitrogen and oxygen atoms in total. The highest BCUT2D eigenvalue weighted by atomic mass is 15.2. The van der Waals surface area contributed by atoms with E-state index in [4.69, 9.17) is 0 Å². The third-order valence-corrected chi connectivity index (χ3v) is 4.74. The van der Waals surface area contributed by atoms with Crippen LogP contribution >= 0.6 is 0 Å². The molecular weight excluding hydrogens is 334 g/mol. The molecule has 0 aliphatic carbocycles. The Labute approximate surface area is 164 Å². The van der Waals surface area contributed by atoms with Crippen LogP contribution < -0.4 is 10.6 Å². The molecule has 1 aromatic heterocycles. The molecule has 148 valence electrons. The summed E-state index contributed by atoms with van der Waals surface area (Å²) in [7, 11) is 1.82. The molecule has 2 rings (SSSR count). The number of unbranched alkanes of at least 4 members (excludes halogenated alkanes) is 1. The number of hydrogen-bond donors (Lipinski definition) is 2. The highest BCUT2D eigenvalue weighted by molar-refractivity contribution is 5.80. The summed E-state index contributed by atoms with van der Waals surface area (Å²) < 4.78 is 2.19. The molecule has 0 spiro atoms. The molecule has 0 saturated carbocycles. The van der Waals surface area contributed by atoms with Crippen LogP contribution in [0.1, 0.15) is 56.6 Å². The zero-order chi connectivity index (χ0) is 19.6. The highest BCUT2D eigenvalue weighted by Crippen LogP contribution is 2.15. The van der Waals surface area contributed by atoms with Crippen molar-refractivity contribution in [1.82, 2.24) is 20.2 Å². The van der Waals surface area contributed by atoms with Crippen molar-refractivity contribution >= 4 is 5.96 Å². The molecule has 0 saturated heterocycles. The van der Waals surface area contributed by atoms with E-state index in [1.807, 2.05) is 26.4 Å². The van der Waals surface area contributed by atoms with Crippen molar-refractivity contribution in [3.05, 3.63) is 53.6 Å². The molecule has 0 amide bonds. The molecule has 5 heteroatoms. The number of aryl methyl sites for hydroxylation is 2. The third-order valence-electron chi connectivity index (χ3n) is 4.74. The number of imidazole rings is 1. The van der Waals surface area contributed by atoms with Gasteiger partial charge in [0.2, 0.25) is 0 Å². The molecule has 0 bridgehead atoms. The first-order valence-corrected chi connectivity index (χ1v) is 10.0. The predicted octanol–water partition coefficient (Wildman–Crippen LogP) is 4.10. The lowest BCUT2D eigenvalue weighted by Crippen LogP contribution is -2.39. The molecule has 1 aromatic carbocycles. The summed E-state index contributed by atoms with van der Waals surface area (Å²) in [5.74, 6) is 2.62. The molecule has 2 N–H and O–H groups in total. The van der Waals surface area contributed by atoms with Crippen LogP contribution in [0.2, 0.25) is 0 Å². The number of benzene rings is 1. The second-order valence-electron chi connectivity index (χ2n) is 7.58. The van der Waals surface area contributed by atoms with Gasteiger partial charge in [0, 0.05) is 32.5 Å². The van der Waals surface area contributed by atoms with E-state index >= 15 is 0 Å². The van der Waals surface area contributed by atoms with Crippen LogP contribution in [0.4, 0.5) is 0 Å². The van der Waals surface area contributed by atoms with Gasteiger partial charge in [-0.25, -0.2) is 4.98 Å². The Morgan fingerprint density at radius 1 is 1.15 bits per heavy atom. The molecule has 0 radical (unpaired) electrons. The van der Waals surface area contributed by atoms with Crippen LogP contribution in [0.15, 0.2) is 41.7 Å². The number of aromatic nitrogens is 2. The quantitative estimate of drug-likeness (QED) is 0.397. The van der Waals surface area contributed by atoms with Gasteiger partial charge in [-0.15, -0.1) is 0 Å². The summed E-state index contributed by atoms with van der Waals surface area (Å²) in [5, 5.41) is 6.90. The molecule has 0 fully saturated rings. The lowest BCUT2D eigenvalue weighted by Gasteiger charge is -2.19. The van der Waals surface area contributed by atoms with Crippen LogP contribution in [0, 0.1) is 12.8 Å². The largest absolute Gasteiger partial charge is 0.356 e. The van der Waals surface area contributed by atoms with Crippen LogP contribution in [0.3, 0.4) is 0 Å². The maximum Gasteiger partial charge on any atom is 0.191 e. The number of aliphatic imine (C=N–C) groups is 1. The molecule has 0 aliphatic heterocycles. The van der Waals surface area contributed by atoms with Gasteiger partial charge >= 0.3 is 0 Å². The number of guanidine groups is 1. The van der Waals surface area contributed by atoms with Crippen molar-refractivity contribution in [2.24, 2.45) is 10.9 Å². The van der Waals surface area contributed by atoms with Crippen LogP contribution in [0.25, 0.3) is 0 Å². The zero-order valence-electron chi connectivity index (χ0n) is 17.5. The lowest BCUT2D eigenvalue weighted by atomic mass is 10.00. The Morgan fingerprint density at radius 3 is 2.48 bits per heavy atom. The van der Waals surface area contributed by atoms with E-state index in [-0.39, 0.29) is 6.04 Å². The average Bonchev–Trinajstić information content (AvgIpc) is 3.05. The fourth-order valence-electron chi connectivity index (χ4n) is 3.15. The standard InChI is InChI=1S/C22H35N5/c1-17(2)16-20-8-10-21(11-9-20)18(3)26-22(23-5)25-12-6-7-14-27-15-13-24-19(27)4/h8-11,13,15,17-18H,6-7,12,14,16H2,1-5H3,(H2,23,25,26). The van der Waals surface area contributed by atoms with E-state index in [2.05, 4.69) is 70.2 Å². The molecular formula is C22H35N5. The normalized spacial score (nSPS) is 13.0. The molecule has 0 aliphatic rings. The fourth-order valence-corrected chi connectivity index (χ4v) is 3.15. The Hall–Kier alpha value is -2.30. The van der Waals surface area contributed by atoms with Gasteiger partial charge in [-0.1, -0.05) is 38.1 Å². The van der Waals surface area contributed by atoms with E-state index < -0.39 is 0 Å². The monoisotopic (exact) mass is 369 g/mol. The van der Waals surface area contributed by atoms with Crippen molar-refractivity contribution in [2.45, 2.75) is 59.5 Å². The van der Waals surface area contributed by atoms with Crippen molar-refractivity contribution in [1.29, 1.82) is 0 Å². The van der Waals surface area contributed by atoms with E-state index in [9.17, 15) is 0 Å². The minimum absolute atomic E-state index is 0.220. The summed E-state index contributed by atoms with van der Waals surface area (Å²) in [6.45, 7) is 10.6. The Bertz CT molecular complexity index is 700. The van der Waals surface area contributed by atoms with Crippen LogP contribution in [-0.2, 0) is 13.0 Å². The van der Waals surface area contributed by atoms with Crippen molar-refractivity contribution in [3.63, 3.8) is 0 Å². The van der Waals surface area contributed by atoms with Crippen LogP contribution in [0.5, 0.6) is 0 Å². The summed E-state index contributed by atoms with van der Waals surface area (Å²) in [5.41, 5.74) is 2.68. The van der Waals surface area contributed by atoms with Crippen molar-refractivity contribution < 1.29 is 0 Å². The minimum atomic E-state index is 0.220. The van der Waals surface area contributed by atoms with E-state index in [1.165, 1.54) is 11.1 Å². The maximum absolute atomic E-state index is 4.35. The number of nitrogens with zero attached hydrogens (tertiary/aromatic N) is 3. The third kappa shape index (κ3) is 7.08. The first-order chi connectivity index (χ1) is 13.0. The van der Waals surface area contributed by atoms with E-state index in [1.54, 1.807) is 0 Å². The second kappa shape index (κ2) is 10.8. The smallest absolute Gasteiger partial charge is 0.191 e. The molecule has 1 unspecified atom stereocenters. The topological polar surface area (TPSA) is 54.2 Å². The summed E-state index contributed by atoms with van der Waals surface area (Å²) in [6.07, 6.45) is 7.24. The number of nitrogens with one attached hydrogen (secondary N) is 2. The fraction of sp³-hybridized carbons (Fsp3) is 0.545. The predicted molar refractivity (Wildman–Crippen MR) is 114 cm³/mol. The molecule has 1 heterocycles. The van der Waals surface area contributed by atoms with Crippen LogP contribution in [-0.4, -0.2) is 29.1 Å². The van der Waals surface area contributed by atoms with Crippen molar-refractivity contribution in [3.8, 4) is 0 Å². The first kappa shape index (κ1) is 21.0. The molecule has 2 aromatic rings. The van der Waals surface area contributed by atoms with Crippen molar-refractivity contribution in [2.75, 3.05) is 13.6 Å². The Balaban J connectivity index is 1.72. The number of rotatable bonds is 9. The average molecular weight is 370 g/mol. The second-order valence-corrected chi connectivity index (χ2v) is 7.58. The van der Waals surface area contributed by atoms with E-state index in [0.29, 0.717) is 5.92 Å². The maximum atomic E-state index is 4.35. The molecule has 27 heavy (non-hydrogen) atoms. The van der Waals surface area contributed by atoms with Gasteiger partial charge in [0.15, 0.2) is 5.96 Å². The number of hydrogen-bond acceptors (Lipinski definition) is 2. The van der Waals surface area contributed by atoms with Gasteiger partial charge in [-0.3, -0.25) is 4.99 Å². The highest BCUT2D eigenvalue weighted by Gasteiger charge is 2.08. The minimum Gasteiger partial charge on any atom is -0.356 e. The van der Waals surface area contributed by atoms with Gasteiger partial charge in [0.1, 0.15) is 5.82 Å². The summed E-state index contributed by atoms with van der Waals surface area (Å²) in [4.78, 5) is 8.61. The zero-order valence-corrected chi connectivity index (χ0v) is 17.5. The van der Waals surface area contributed by atoms with Gasteiger partial charge < -0.3 is 15.2 Å². The Kier molecular flexibility index (Phi) is 8.37. The lowest BCUT2D eigenvalue weighted by molar-refractivity contribution is 0.585.